The van der Waals surface area contributed by atoms with Crippen molar-refractivity contribution >= 4 is 23.9 Å². The van der Waals surface area contributed by atoms with E-state index in [2.05, 4.69) is 15.3 Å². The SMILES string of the molecule is CN(C)C(=O)/C=N/OC(=O)Nc1ccccc1. The van der Waals surface area contributed by atoms with Gasteiger partial charge in [-0.3, -0.25) is 14.9 Å². The second-order valence-electron chi connectivity index (χ2n) is 3.34. The zero-order chi connectivity index (χ0) is 12.7. The highest BCUT2D eigenvalue weighted by Gasteiger charge is 2.03. The van der Waals surface area contributed by atoms with Crippen LogP contribution in [0.25, 0.3) is 0 Å². The van der Waals surface area contributed by atoms with Crippen molar-refractivity contribution in [3.05, 3.63) is 30.3 Å². The lowest BCUT2D eigenvalue weighted by Gasteiger charge is -2.04. The molecule has 1 N–H and O–H groups in total. The van der Waals surface area contributed by atoms with Gasteiger partial charge >= 0.3 is 6.09 Å². The van der Waals surface area contributed by atoms with Crippen molar-refractivity contribution in [2.24, 2.45) is 5.16 Å². The zero-order valence-electron chi connectivity index (χ0n) is 9.58. The smallest absolute Gasteiger partial charge is 0.344 e. The van der Waals surface area contributed by atoms with Crippen LogP contribution >= 0.6 is 0 Å². The quantitative estimate of drug-likeness (QED) is 0.487. The first-order valence-corrected chi connectivity index (χ1v) is 4.87. The lowest BCUT2D eigenvalue weighted by molar-refractivity contribution is -0.121. The maximum atomic E-state index is 11.2. The molecule has 0 saturated carbocycles. The van der Waals surface area contributed by atoms with Gasteiger partial charge in [0, 0.05) is 19.8 Å². The van der Waals surface area contributed by atoms with Crippen molar-refractivity contribution in [3.63, 3.8) is 0 Å². The van der Waals surface area contributed by atoms with Gasteiger partial charge in [0.15, 0.2) is 0 Å². The van der Waals surface area contributed by atoms with E-state index in [1.165, 1.54) is 4.90 Å². The molecule has 0 radical (unpaired) electrons. The van der Waals surface area contributed by atoms with Gasteiger partial charge in [0.1, 0.15) is 6.21 Å². The van der Waals surface area contributed by atoms with Gasteiger partial charge in [0.05, 0.1) is 0 Å². The number of benzene rings is 1. The predicted octanol–water partition coefficient (Wildman–Crippen LogP) is 1.31. The molecule has 90 valence electrons. The molecule has 1 aromatic rings. The molecule has 0 aliphatic carbocycles. The summed E-state index contributed by atoms with van der Waals surface area (Å²) in [5, 5.41) is 5.71. The van der Waals surface area contributed by atoms with Crippen LogP contribution in [0, 0.1) is 0 Å². The Labute approximate surface area is 98.9 Å². The molecule has 0 aliphatic heterocycles. The van der Waals surface area contributed by atoms with Crippen LogP contribution in [0.15, 0.2) is 35.5 Å². The van der Waals surface area contributed by atoms with E-state index in [4.69, 9.17) is 0 Å². The summed E-state index contributed by atoms with van der Waals surface area (Å²) in [4.78, 5) is 28.0. The fourth-order valence-corrected chi connectivity index (χ4v) is 0.897. The number of anilines is 1. The molecule has 0 fully saturated rings. The summed E-state index contributed by atoms with van der Waals surface area (Å²) in [6.07, 6.45) is 0.170. The lowest BCUT2D eigenvalue weighted by Crippen LogP contribution is -2.23. The van der Waals surface area contributed by atoms with Crippen molar-refractivity contribution in [1.82, 2.24) is 4.90 Å². The molecule has 0 unspecified atom stereocenters. The third-order valence-electron chi connectivity index (χ3n) is 1.76. The Morgan fingerprint density at radius 3 is 2.53 bits per heavy atom. The van der Waals surface area contributed by atoms with E-state index < -0.39 is 6.09 Å². The van der Waals surface area contributed by atoms with Gasteiger partial charge in [-0.1, -0.05) is 23.4 Å². The summed E-state index contributed by atoms with van der Waals surface area (Å²) in [6, 6.07) is 8.78. The number of amides is 2. The number of hydrogen-bond donors (Lipinski definition) is 1. The second-order valence-corrected chi connectivity index (χ2v) is 3.34. The molecule has 2 amide bonds. The van der Waals surface area contributed by atoms with E-state index in [0.717, 1.165) is 6.21 Å². The van der Waals surface area contributed by atoms with Crippen LogP contribution in [0.2, 0.25) is 0 Å². The lowest BCUT2D eigenvalue weighted by atomic mass is 10.3. The summed E-state index contributed by atoms with van der Waals surface area (Å²) >= 11 is 0. The van der Waals surface area contributed by atoms with Crippen LogP contribution in [0.4, 0.5) is 10.5 Å². The van der Waals surface area contributed by atoms with Gasteiger partial charge in [-0.25, -0.2) is 4.79 Å². The van der Waals surface area contributed by atoms with Gasteiger partial charge in [-0.2, -0.15) is 0 Å². The number of nitrogens with zero attached hydrogens (tertiary/aromatic N) is 2. The average Bonchev–Trinajstić information content (AvgIpc) is 2.30. The van der Waals surface area contributed by atoms with Gasteiger partial charge < -0.3 is 4.90 Å². The minimum Gasteiger partial charge on any atom is -0.344 e. The first kappa shape index (κ1) is 12.7. The highest BCUT2D eigenvalue weighted by Crippen LogP contribution is 2.04. The number of oxime groups is 1. The number of rotatable bonds is 3. The molecule has 6 heteroatoms. The maximum absolute atomic E-state index is 11.2. The molecule has 6 nitrogen and oxygen atoms in total. The minimum absolute atomic E-state index is 0.363. The Kier molecular flexibility index (Phi) is 4.68. The Bertz CT molecular complexity index is 415. The Morgan fingerprint density at radius 2 is 1.94 bits per heavy atom. The predicted molar refractivity (Wildman–Crippen MR) is 63.7 cm³/mol. The van der Waals surface area contributed by atoms with Crippen LogP contribution in [-0.2, 0) is 9.63 Å². The van der Waals surface area contributed by atoms with Crippen LogP contribution in [-0.4, -0.2) is 37.2 Å². The van der Waals surface area contributed by atoms with Gasteiger partial charge in [-0.05, 0) is 12.1 Å². The number of hydrogen-bond acceptors (Lipinski definition) is 4. The van der Waals surface area contributed by atoms with Crippen molar-refractivity contribution in [2.45, 2.75) is 0 Å². The molecule has 0 bridgehead atoms. The highest BCUT2D eigenvalue weighted by molar-refractivity contribution is 6.25. The molecular formula is C11H13N3O3. The van der Waals surface area contributed by atoms with Gasteiger partial charge in [0.2, 0.25) is 0 Å². The second kappa shape index (κ2) is 6.26. The zero-order valence-corrected chi connectivity index (χ0v) is 9.58. The third-order valence-corrected chi connectivity index (χ3v) is 1.76. The third kappa shape index (κ3) is 4.78. The van der Waals surface area contributed by atoms with Crippen molar-refractivity contribution < 1.29 is 14.4 Å². The monoisotopic (exact) mass is 235 g/mol. The molecule has 0 saturated heterocycles. The molecule has 1 rings (SSSR count). The Balaban J connectivity index is 2.39. The van der Waals surface area contributed by atoms with E-state index >= 15 is 0 Å². The fraction of sp³-hybridized carbons (Fsp3) is 0.182. The normalized spacial score (nSPS) is 10.0. The average molecular weight is 235 g/mol. The summed E-state index contributed by atoms with van der Waals surface area (Å²) in [6.45, 7) is 0. The van der Waals surface area contributed by atoms with Crippen molar-refractivity contribution in [3.8, 4) is 0 Å². The van der Waals surface area contributed by atoms with Crippen LogP contribution in [0.5, 0.6) is 0 Å². The molecule has 1 aromatic carbocycles. The van der Waals surface area contributed by atoms with Crippen LogP contribution in [0.3, 0.4) is 0 Å². The summed E-state index contributed by atoms with van der Waals surface area (Å²) in [7, 11) is 3.14. The molecule has 17 heavy (non-hydrogen) atoms. The first-order chi connectivity index (χ1) is 8.09. The summed E-state index contributed by atoms with van der Waals surface area (Å²) in [5.74, 6) is -0.363. The molecule has 0 spiro atoms. The highest BCUT2D eigenvalue weighted by atomic mass is 16.7. The van der Waals surface area contributed by atoms with Crippen molar-refractivity contribution in [2.75, 3.05) is 19.4 Å². The van der Waals surface area contributed by atoms with Gasteiger partial charge in [-0.15, -0.1) is 0 Å². The molecule has 0 heterocycles. The van der Waals surface area contributed by atoms with Crippen LogP contribution in [0.1, 0.15) is 0 Å². The topological polar surface area (TPSA) is 71.0 Å². The largest absolute Gasteiger partial charge is 0.437 e. The Hall–Kier alpha value is -2.37. The molecule has 0 aliphatic rings. The molecular weight excluding hydrogens is 222 g/mol. The van der Waals surface area contributed by atoms with Gasteiger partial charge in [0.25, 0.3) is 5.91 Å². The summed E-state index contributed by atoms with van der Waals surface area (Å²) < 4.78 is 0. The molecule has 0 atom stereocenters. The number of carbonyl (C=O) groups excluding carboxylic acids is 2. The van der Waals surface area contributed by atoms with E-state index in [-0.39, 0.29) is 5.91 Å². The van der Waals surface area contributed by atoms with E-state index in [9.17, 15) is 9.59 Å². The summed E-state index contributed by atoms with van der Waals surface area (Å²) in [5.41, 5.74) is 0.589. The number of nitrogens with one attached hydrogen (secondary N) is 1. The van der Waals surface area contributed by atoms with Crippen LogP contribution < -0.4 is 5.32 Å². The van der Waals surface area contributed by atoms with E-state index in [0.29, 0.717) is 5.69 Å². The Morgan fingerprint density at radius 1 is 1.29 bits per heavy atom. The minimum atomic E-state index is -0.751. The maximum Gasteiger partial charge on any atom is 0.437 e. The van der Waals surface area contributed by atoms with E-state index in [1.807, 2.05) is 6.07 Å². The van der Waals surface area contributed by atoms with Crippen molar-refractivity contribution in [1.29, 1.82) is 0 Å². The standard InChI is InChI=1S/C11H13N3O3/c1-14(2)10(15)8-12-17-11(16)13-9-6-4-3-5-7-9/h3-8H,1-2H3,(H,13,16)/b12-8+. The fourth-order valence-electron chi connectivity index (χ4n) is 0.897. The number of carbonyl (C=O) groups is 2. The number of para-hydroxylation sites is 1. The first-order valence-electron chi connectivity index (χ1n) is 4.87. The van der Waals surface area contributed by atoms with E-state index in [1.54, 1.807) is 38.4 Å². The molecule has 0 aromatic heterocycles.